The Morgan fingerprint density at radius 1 is 0.741 bits per heavy atom. The number of aldehydes is 2. The van der Waals surface area contributed by atoms with Gasteiger partial charge >= 0.3 is 0 Å². The maximum absolute atomic E-state index is 13.3. The average molecular weight is 370 g/mol. The van der Waals surface area contributed by atoms with E-state index < -0.39 is 0 Å². The smallest absolute Gasteiger partial charge is 0.195 e. The molecule has 0 aliphatic heterocycles. The number of benzene rings is 3. The Morgan fingerprint density at radius 3 is 1.96 bits per heavy atom. The van der Waals surface area contributed by atoms with Gasteiger partial charge in [0.25, 0.3) is 0 Å². The van der Waals surface area contributed by atoms with E-state index in [0.717, 1.165) is 33.1 Å². The second-order valence-corrected chi connectivity index (χ2v) is 7.16. The lowest BCUT2D eigenvalue weighted by molar-refractivity contribution is 0.103. The fourth-order valence-electron chi connectivity index (χ4n) is 3.04. The Hall–Kier alpha value is -3.37. The zero-order valence-corrected chi connectivity index (χ0v) is 15.0. The molecule has 0 unspecified atom stereocenters. The largest absolute Gasteiger partial charge is 0.298 e. The van der Waals surface area contributed by atoms with Gasteiger partial charge in [0.15, 0.2) is 5.78 Å². The summed E-state index contributed by atoms with van der Waals surface area (Å²) in [6.45, 7) is 0. The lowest BCUT2D eigenvalue weighted by Crippen LogP contribution is -2.02. The van der Waals surface area contributed by atoms with Crippen LogP contribution in [0.3, 0.4) is 0 Å². The number of carbonyl (C=O) groups is 3. The topological polar surface area (TPSA) is 51.2 Å². The Labute approximate surface area is 159 Å². The van der Waals surface area contributed by atoms with Gasteiger partial charge in [0.2, 0.25) is 0 Å². The summed E-state index contributed by atoms with van der Waals surface area (Å²) in [5, 5.41) is 0.904. The highest BCUT2D eigenvalue weighted by Gasteiger charge is 2.21. The first kappa shape index (κ1) is 17.1. The van der Waals surface area contributed by atoms with Crippen LogP contribution in [0.25, 0.3) is 20.5 Å². The summed E-state index contributed by atoms with van der Waals surface area (Å²) in [5.74, 6) is -0.0839. The van der Waals surface area contributed by atoms with Gasteiger partial charge in [-0.2, -0.15) is 0 Å². The first-order valence-corrected chi connectivity index (χ1v) is 9.20. The molecule has 27 heavy (non-hydrogen) atoms. The third kappa shape index (κ3) is 3.11. The number of carbonyl (C=O) groups excluding carboxylic acids is 3. The first-order chi connectivity index (χ1) is 13.2. The highest BCUT2D eigenvalue weighted by molar-refractivity contribution is 7.22. The van der Waals surface area contributed by atoms with Gasteiger partial charge in [-0.15, -0.1) is 11.3 Å². The van der Waals surface area contributed by atoms with Gasteiger partial charge in [0.05, 0.1) is 0 Å². The molecule has 0 saturated carbocycles. The molecule has 0 fully saturated rings. The zero-order chi connectivity index (χ0) is 18.8. The van der Waals surface area contributed by atoms with E-state index in [0.29, 0.717) is 22.3 Å². The number of ketones is 1. The second kappa shape index (κ2) is 7.09. The third-order valence-electron chi connectivity index (χ3n) is 4.44. The highest BCUT2D eigenvalue weighted by Crippen LogP contribution is 2.39. The molecule has 1 heterocycles. The van der Waals surface area contributed by atoms with Crippen molar-refractivity contribution in [3.63, 3.8) is 0 Å². The molecular formula is C23H14O3S. The van der Waals surface area contributed by atoms with Crippen molar-refractivity contribution in [2.24, 2.45) is 0 Å². The highest BCUT2D eigenvalue weighted by atomic mass is 32.1. The quantitative estimate of drug-likeness (QED) is 0.348. The second-order valence-electron chi connectivity index (χ2n) is 6.11. The molecule has 0 bridgehead atoms. The van der Waals surface area contributed by atoms with Gasteiger partial charge < -0.3 is 0 Å². The fourth-order valence-corrected chi connectivity index (χ4v) is 4.25. The van der Waals surface area contributed by atoms with E-state index in [9.17, 15) is 14.4 Å². The number of hydrogen-bond acceptors (Lipinski definition) is 4. The van der Waals surface area contributed by atoms with E-state index in [2.05, 4.69) is 0 Å². The van der Waals surface area contributed by atoms with Crippen LogP contribution in [-0.2, 0) is 0 Å². The van der Waals surface area contributed by atoms with E-state index in [1.807, 2.05) is 36.4 Å². The molecule has 4 heteroatoms. The van der Waals surface area contributed by atoms with Crippen molar-refractivity contribution in [3.05, 3.63) is 95.1 Å². The standard InChI is InChI=1S/C23H14O3S/c24-13-15-5-9-17(10-6-15)22(26)21-19-3-1-2-4-20(19)27-23(21)18-11-7-16(14-25)8-12-18/h1-14H. The van der Waals surface area contributed by atoms with Gasteiger partial charge in [-0.1, -0.05) is 66.7 Å². The van der Waals surface area contributed by atoms with Crippen molar-refractivity contribution in [2.45, 2.75) is 0 Å². The van der Waals surface area contributed by atoms with E-state index in [4.69, 9.17) is 0 Å². The zero-order valence-electron chi connectivity index (χ0n) is 14.2. The van der Waals surface area contributed by atoms with E-state index in [1.54, 1.807) is 47.7 Å². The molecule has 0 radical (unpaired) electrons. The monoisotopic (exact) mass is 370 g/mol. The van der Waals surface area contributed by atoms with Crippen LogP contribution in [0, 0.1) is 0 Å². The van der Waals surface area contributed by atoms with Crippen LogP contribution in [0.2, 0.25) is 0 Å². The number of fused-ring (bicyclic) bond motifs is 1. The minimum Gasteiger partial charge on any atom is -0.298 e. The Morgan fingerprint density at radius 2 is 1.33 bits per heavy atom. The van der Waals surface area contributed by atoms with Crippen molar-refractivity contribution in [1.29, 1.82) is 0 Å². The van der Waals surface area contributed by atoms with Crippen molar-refractivity contribution in [3.8, 4) is 10.4 Å². The van der Waals surface area contributed by atoms with Crippen LogP contribution >= 0.6 is 11.3 Å². The van der Waals surface area contributed by atoms with E-state index in [-0.39, 0.29) is 5.78 Å². The summed E-state index contributed by atoms with van der Waals surface area (Å²) in [6.07, 6.45) is 1.56. The lowest BCUT2D eigenvalue weighted by Gasteiger charge is -2.06. The summed E-state index contributed by atoms with van der Waals surface area (Å²) in [4.78, 5) is 36.0. The predicted octanol–water partition coefficient (Wildman–Crippen LogP) is 5.42. The molecule has 1 aromatic heterocycles. The van der Waals surface area contributed by atoms with Crippen molar-refractivity contribution in [1.82, 2.24) is 0 Å². The maximum atomic E-state index is 13.3. The molecule has 3 nitrogen and oxygen atoms in total. The van der Waals surface area contributed by atoms with E-state index in [1.165, 1.54) is 0 Å². The Kier molecular flexibility index (Phi) is 4.48. The summed E-state index contributed by atoms with van der Waals surface area (Å²) in [6, 6.07) is 21.7. The fraction of sp³-hybridized carbons (Fsp3) is 0. The van der Waals surface area contributed by atoms with Crippen LogP contribution in [0.1, 0.15) is 36.6 Å². The van der Waals surface area contributed by atoms with Crippen LogP contribution in [0.4, 0.5) is 0 Å². The molecule has 0 aliphatic carbocycles. The first-order valence-electron chi connectivity index (χ1n) is 8.38. The van der Waals surface area contributed by atoms with Crippen LogP contribution < -0.4 is 0 Å². The van der Waals surface area contributed by atoms with E-state index >= 15 is 0 Å². The molecule has 0 N–H and O–H groups in total. The summed E-state index contributed by atoms with van der Waals surface area (Å²) < 4.78 is 1.03. The number of hydrogen-bond donors (Lipinski definition) is 0. The summed E-state index contributed by atoms with van der Waals surface area (Å²) in [7, 11) is 0. The summed E-state index contributed by atoms with van der Waals surface area (Å²) >= 11 is 1.56. The molecule has 0 aliphatic rings. The Bertz CT molecular complexity index is 1150. The maximum Gasteiger partial charge on any atom is 0.195 e. The molecule has 0 spiro atoms. The average Bonchev–Trinajstić information content (AvgIpc) is 3.13. The minimum absolute atomic E-state index is 0.0839. The normalized spacial score (nSPS) is 10.7. The SMILES string of the molecule is O=Cc1ccc(C(=O)c2c(-c3ccc(C=O)cc3)sc3ccccc23)cc1. The molecule has 4 rings (SSSR count). The molecular weight excluding hydrogens is 356 g/mol. The van der Waals surface area contributed by atoms with Crippen LogP contribution in [0.15, 0.2) is 72.8 Å². The molecule has 0 atom stereocenters. The minimum atomic E-state index is -0.0839. The molecule has 0 amide bonds. The van der Waals surface area contributed by atoms with Crippen molar-refractivity contribution < 1.29 is 14.4 Å². The molecule has 0 saturated heterocycles. The molecule has 130 valence electrons. The van der Waals surface area contributed by atoms with Crippen LogP contribution in [-0.4, -0.2) is 18.4 Å². The Balaban J connectivity index is 1.90. The predicted molar refractivity (Wildman–Crippen MR) is 108 cm³/mol. The third-order valence-corrected chi connectivity index (χ3v) is 5.66. The number of thiophene rings is 1. The molecule has 4 aromatic rings. The lowest BCUT2D eigenvalue weighted by atomic mass is 9.97. The van der Waals surface area contributed by atoms with Gasteiger partial charge in [0.1, 0.15) is 12.6 Å². The summed E-state index contributed by atoms with van der Waals surface area (Å²) in [5.41, 5.74) is 3.21. The van der Waals surface area contributed by atoms with Crippen molar-refractivity contribution >= 4 is 39.8 Å². The molecule has 3 aromatic carbocycles. The van der Waals surface area contributed by atoms with Gasteiger partial charge in [-0.25, -0.2) is 0 Å². The number of rotatable bonds is 5. The van der Waals surface area contributed by atoms with Crippen molar-refractivity contribution in [2.75, 3.05) is 0 Å². The van der Waals surface area contributed by atoms with Crippen LogP contribution in [0.5, 0.6) is 0 Å². The van der Waals surface area contributed by atoms with Gasteiger partial charge in [-0.3, -0.25) is 14.4 Å². The van der Waals surface area contributed by atoms with Gasteiger partial charge in [0, 0.05) is 37.2 Å². The van der Waals surface area contributed by atoms with Gasteiger partial charge in [-0.05, 0) is 11.6 Å².